The van der Waals surface area contributed by atoms with Gasteiger partial charge < -0.3 is 0 Å². The summed E-state index contributed by atoms with van der Waals surface area (Å²) in [5.41, 5.74) is -21.2. The molecule has 61 heavy (non-hydrogen) atoms. The lowest BCUT2D eigenvalue weighted by Crippen LogP contribution is -2.28. The van der Waals surface area contributed by atoms with Crippen LogP contribution < -0.4 is 0 Å². The molecule has 0 saturated heterocycles. The third-order valence-electron chi connectivity index (χ3n) is 8.54. The third-order valence-corrected chi connectivity index (χ3v) is 8.54. The summed E-state index contributed by atoms with van der Waals surface area (Å²) >= 11 is 0. The first-order valence-corrected chi connectivity index (χ1v) is 15.8. The molecule has 306 valence electrons. The van der Waals surface area contributed by atoms with E-state index >= 15 is 0 Å². The lowest BCUT2D eigenvalue weighted by atomic mass is 9.88. The topological polar surface area (TPSA) is 422 Å². The van der Waals surface area contributed by atoms with Gasteiger partial charge in [0.25, 0.3) is 17.2 Å². The van der Waals surface area contributed by atoms with Gasteiger partial charge in [0.05, 0.1) is 55.4 Å². The van der Waals surface area contributed by atoms with Crippen molar-refractivity contribution >= 4 is 62.9 Å². The van der Waals surface area contributed by atoms with Crippen molar-refractivity contribution < 1.29 is 53.9 Å². The highest BCUT2D eigenvalue weighted by Crippen LogP contribution is 2.60. The quantitative estimate of drug-likeness (QED) is 0.205. The van der Waals surface area contributed by atoms with Crippen molar-refractivity contribution in [2.45, 2.75) is 0 Å². The lowest BCUT2D eigenvalue weighted by molar-refractivity contribution is -0.498. The van der Waals surface area contributed by atoms with Crippen LogP contribution in [0.5, 0.6) is 0 Å². The minimum atomic E-state index is -2.38. The molecule has 4 aliphatic carbocycles. The van der Waals surface area contributed by atoms with Crippen LogP contribution in [-0.2, 0) is 9.59 Å². The van der Waals surface area contributed by atoms with E-state index in [2.05, 4.69) is 6.07 Å². The standard InChI is InChI=1S/C13N8O17.C13H8O.C6H5NO2/c22-13-4-2(7(16(27)28)11(20(35)36)12(13)21(37)38)1-3(5(4)14(23)24)8(17(29)30)10(19(33)34)9(18(31)32)6(1)15(25)26;14-13-7-3-6-11-10-5-2-1-4-9(10)8-12(11)13;8-7(9)6-4-2-1-3-5-6/h;1-8H;1-5H. The van der Waals surface area contributed by atoms with Crippen LogP contribution in [0.15, 0.2) is 101 Å². The number of carbonyl (C=O) groups excluding carboxylic acids is 2. The molecule has 0 spiro atoms. The Hall–Kier alpha value is -9.96. The Morgan fingerprint density at radius 2 is 0.885 bits per heavy atom. The summed E-state index contributed by atoms with van der Waals surface area (Å²) in [6.45, 7) is 0. The van der Waals surface area contributed by atoms with Crippen LogP contribution in [0.1, 0.15) is 22.3 Å². The number of nitro groups is 9. The zero-order valence-corrected chi connectivity index (χ0v) is 29.2. The Labute approximate surface area is 331 Å². The van der Waals surface area contributed by atoms with Gasteiger partial charge in [-0.2, -0.15) is 0 Å². The van der Waals surface area contributed by atoms with Crippen LogP contribution in [0.3, 0.4) is 0 Å². The number of benzene rings is 3. The Morgan fingerprint density at radius 3 is 1.34 bits per heavy atom. The first-order valence-electron chi connectivity index (χ1n) is 15.8. The number of nitro benzene ring substituents is 5. The molecule has 0 radical (unpaired) electrons. The van der Waals surface area contributed by atoms with Gasteiger partial charge in [-0.25, -0.2) is 0 Å². The summed E-state index contributed by atoms with van der Waals surface area (Å²) in [7, 11) is 0. The zero-order chi connectivity index (χ0) is 45.4. The van der Waals surface area contributed by atoms with Crippen LogP contribution in [0.2, 0.25) is 0 Å². The van der Waals surface area contributed by atoms with Crippen LogP contribution in [0, 0.1) is 91.0 Å². The SMILES string of the molecule is O=C1C2=C([N+](=O)[O-])c3c(c([N+](=O)[O-])c([N+](=O)[O-])c([N+](=O)[O-])c3[N+](=O)[O-])C2=C([N+](=O)[O-])C([N+](=O)[O-])=C1[N+](=O)[O-].O=C1C=CC=C2C1=Cc1ccccc12.O=[N+]([O-])c1ccccc1. The Bertz CT molecular complexity index is 2890. The average Bonchev–Trinajstić information content (AvgIpc) is 3.75. The fourth-order valence-electron chi connectivity index (χ4n) is 6.36. The van der Waals surface area contributed by atoms with Gasteiger partial charge in [0.15, 0.2) is 11.3 Å². The average molecular weight is 843 g/mol. The largest absolute Gasteiger partial charge is 0.430 e. The van der Waals surface area contributed by atoms with Crippen molar-refractivity contribution in [2.75, 3.05) is 0 Å². The second kappa shape index (κ2) is 15.9. The smallest absolute Gasteiger partial charge is 0.289 e. The van der Waals surface area contributed by atoms with Gasteiger partial charge >= 0.3 is 39.8 Å². The maximum Gasteiger partial charge on any atom is 0.430 e. The van der Waals surface area contributed by atoms with Gasteiger partial charge in [0.1, 0.15) is 5.57 Å². The van der Waals surface area contributed by atoms with E-state index in [1.165, 1.54) is 17.7 Å². The predicted molar refractivity (Wildman–Crippen MR) is 197 cm³/mol. The van der Waals surface area contributed by atoms with Crippen molar-refractivity contribution in [1.82, 2.24) is 0 Å². The van der Waals surface area contributed by atoms with E-state index in [0.717, 1.165) is 16.7 Å². The van der Waals surface area contributed by atoms with Crippen molar-refractivity contribution in [1.29, 1.82) is 0 Å². The van der Waals surface area contributed by atoms with Gasteiger partial charge in [-0.1, -0.05) is 54.6 Å². The number of rotatable bonds is 9. The van der Waals surface area contributed by atoms with Gasteiger partial charge in [-0.3, -0.25) is 101 Å². The highest BCUT2D eigenvalue weighted by atomic mass is 16.7. The Balaban J connectivity index is 0.000000244. The van der Waals surface area contributed by atoms with E-state index in [9.17, 15) is 101 Å². The summed E-state index contributed by atoms with van der Waals surface area (Å²) in [5, 5.41) is 103. The molecule has 0 heterocycles. The molecule has 0 fully saturated rings. The van der Waals surface area contributed by atoms with Crippen molar-refractivity contribution in [3.63, 3.8) is 0 Å². The maximum atomic E-state index is 12.9. The number of hydrogen-bond acceptors (Lipinski definition) is 20. The number of allylic oxidation sites excluding steroid dienone is 7. The highest BCUT2D eigenvalue weighted by molar-refractivity contribution is 6.29. The molecule has 3 aromatic rings. The molecule has 0 aromatic heterocycles. The van der Waals surface area contributed by atoms with Crippen LogP contribution in [0.4, 0.5) is 28.4 Å². The Kier molecular flexibility index (Phi) is 11.0. The molecule has 0 N–H and O–H groups in total. The molecule has 29 heteroatoms. The van der Waals surface area contributed by atoms with Gasteiger partial charge in [0.2, 0.25) is 0 Å². The number of carbonyl (C=O) groups is 2. The number of fused-ring (bicyclic) bond motifs is 6. The Morgan fingerprint density at radius 1 is 0.410 bits per heavy atom. The van der Waals surface area contributed by atoms with Gasteiger partial charge in [-0.15, -0.1) is 0 Å². The van der Waals surface area contributed by atoms with Crippen molar-refractivity contribution in [2.24, 2.45) is 0 Å². The molecule has 0 atom stereocenters. The molecule has 0 bridgehead atoms. The third kappa shape index (κ3) is 7.16. The van der Waals surface area contributed by atoms with E-state index in [-0.39, 0.29) is 11.5 Å². The number of Topliss-reactive ketones (excluding diaryl/α,β-unsaturated/α-hetero) is 1. The molecular weight excluding hydrogens is 830 g/mol. The molecule has 0 aliphatic heterocycles. The summed E-state index contributed by atoms with van der Waals surface area (Å²) in [6, 6.07) is 16.0. The molecule has 4 aliphatic rings. The van der Waals surface area contributed by atoms with Gasteiger partial charge in [0, 0.05) is 17.7 Å². The normalized spacial score (nSPS) is 14.1. The summed E-state index contributed by atoms with van der Waals surface area (Å²) < 4.78 is 0. The van der Waals surface area contributed by atoms with E-state index in [4.69, 9.17) is 0 Å². The molecular formula is C32H13N9O20. The fourth-order valence-corrected chi connectivity index (χ4v) is 6.36. The van der Waals surface area contributed by atoms with E-state index in [0.29, 0.717) is 0 Å². The zero-order valence-electron chi connectivity index (χ0n) is 29.2. The van der Waals surface area contributed by atoms with Crippen molar-refractivity contribution in [3.8, 4) is 0 Å². The minimum Gasteiger partial charge on any atom is -0.289 e. The fraction of sp³-hybridized carbons (Fsp3) is 0. The number of non-ortho nitro benzene ring substituents is 1. The van der Waals surface area contributed by atoms with Crippen LogP contribution in [0.25, 0.3) is 22.9 Å². The minimum absolute atomic E-state index is 0.110. The monoisotopic (exact) mass is 843 g/mol. The molecule has 3 aromatic carbocycles. The number of nitrogens with zero attached hydrogens (tertiary/aromatic N) is 9. The molecule has 0 saturated carbocycles. The molecule has 0 unspecified atom stereocenters. The molecule has 0 amide bonds. The predicted octanol–water partition coefficient (Wildman–Crippen LogP) is 4.86. The van der Waals surface area contributed by atoms with E-state index < -0.39 is 118 Å². The molecule has 29 nitrogen and oxygen atoms in total. The highest BCUT2D eigenvalue weighted by Gasteiger charge is 2.65. The first kappa shape index (κ1) is 42.2. The van der Waals surface area contributed by atoms with E-state index in [1.807, 2.05) is 36.4 Å². The summed E-state index contributed by atoms with van der Waals surface area (Å²) in [6.07, 6.45) is 7.39. The summed E-state index contributed by atoms with van der Waals surface area (Å²) in [4.78, 5) is 112. The van der Waals surface area contributed by atoms with Crippen molar-refractivity contribution in [3.05, 3.63) is 214 Å². The second-order valence-electron chi connectivity index (χ2n) is 11.7. The number of hydrogen-bond donors (Lipinski definition) is 0. The first-order chi connectivity index (χ1) is 28.6. The second-order valence-corrected chi connectivity index (χ2v) is 11.7. The van der Waals surface area contributed by atoms with Gasteiger partial charge in [-0.05, 0) is 28.9 Å². The lowest BCUT2D eigenvalue weighted by Gasteiger charge is -2.10. The number of para-hydroxylation sites is 1. The van der Waals surface area contributed by atoms with E-state index in [1.54, 1.807) is 24.3 Å². The summed E-state index contributed by atoms with van der Waals surface area (Å²) in [5.74, 6) is -2.27. The molecule has 7 rings (SSSR count). The van der Waals surface area contributed by atoms with Crippen LogP contribution in [-0.4, -0.2) is 55.9 Å². The van der Waals surface area contributed by atoms with Crippen LogP contribution >= 0.6 is 0 Å². The number of ketones is 2. The maximum absolute atomic E-state index is 12.9.